The van der Waals surface area contributed by atoms with Gasteiger partial charge in [-0.25, -0.2) is 4.39 Å². The van der Waals surface area contributed by atoms with E-state index in [1.165, 1.54) is 0 Å². The molecule has 3 aliphatic rings. The van der Waals surface area contributed by atoms with Crippen LogP contribution in [0.2, 0.25) is 0 Å². The van der Waals surface area contributed by atoms with Crippen LogP contribution in [0.25, 0.3) is 0 Å². The highest BCUT2D eigenvalue weighted by atomic mass is 19.1. The van der Waals surface area contributed by atoms with E-state index in [1.54, 1.807) is 12.1 Å². The molecule has 3 aliphatic heterocycles. The topological polar surface area (TPSA) is 59.1 Å². The van der Waals surface area contributed by atoms with Gasteiger partial charge in [0.15, 0.2) is 0 Å². The number of anilines is 2. The molecule has 1 atom stereocenters. The number of halogens is 1. The molecule has 0 aromatic heterocycles. The number of fused-ring (bicyclic) bond motifs is 1. The van der Waals surface area contributed by atoms with E-state index >= 15 is 0 Å². The van der Waals surface area contributed by atoms with Crippen LogP contribution in [0.4, 0.5) is 15.8 Å². The minimum Gasteiger partial charge on any atom is -0.481 e. The van der Waals surface area contributed by atoms with Gasteiger partial charge >= 0.3 is 5.97 Å². The molecule has 0 bridgehead atoms. The predicted molar refractivity (Wildman–Crippen MR) is 94.5 cm³/mol. The zero-order valence-electron chi connectivity index (χ0n) is 14.3. The molecule has 4 rings (SSSR count). The number of aliphatic carboxylic acids is 1. The fraction of sp³-hybridized carbons (Fsp3) is 0.611. The van der Waals surface area contributed by atoms with Crippen molar-refractivity contribution in [3.63, 3.8) is 0 Å². The normalized spacial score (nSPS) is 25.2. The first-order chi connectivity index (χ1) is 12.1. The van der Waals surface area contributed by atoms with Crippen LogP contribution in [-0.4, -0.2) is 68.0 Å². The summed E-state index contributed by atoms with van der Waals surface area (Å²) in [7, 11) is 0. The number of hydrogen-bond donors (Lipinski definition) is 2. The Hall–Kier alpha value is -1.86. The molecule has 3 fully saturated rings. The van der Waals surface area contributed by atoms with E-state index in [-0.39, 0.29) is 11.7 Å². The maximum atomic E-state index is 14.2. The molecular weight excluding hydrogens is 323 g/mol. The van der Waals surface area contributed by atoms with Crippen molar-refractivity contribution in [2.45, 2.75) is 18.9 Å². The highest BCUT2D eigenvalue weighted by Crippen LogP contribution is 2.30. The van der Waals surface area contributed by atoms with Crippen LogP contribution in [0.1, 0.15) is 12.8 Å². The Labute approximate surface area is 147 Å². The van der Waals surface area contributed by atoms with E-state index in [2.05, 4.69) is 26.1 Å². The van der Waals surface area contributed by atoms with Crippen molar-refractivity contribution in [2.24, 2.45) is 5.92 Å². The standard InChI is InChI=1S/C18H25FN4O2/c19-14-7-15(21-4-1-13(2-5-21)18(24)25)9-16(8-14)23-11-17-10-20-3-6-22(17)12-23/h7-9,13,17,20H,1-6,10-12H2,(H,24,25)/t17-/m0/s1. The summed E-state index contributed by atoms with van der Waals surface area (Å²) in [6, 6.07) is 5.72. The van der Waals surface area contributed by atoms with Gasteiger partial charge in [0.25, 0.3) is 0 Å². The first-order valence-corrected chi connectivity index (χ1v) is 9.08. The molecule has 1 aromatic carbocycles. The number of carboxylic acids is 1. The van der Waals surface area contributed by atoms with Crippen LogP contribution in [-0.2, 0) is 4.79 Å². The fourth-order valence-electron chi connectivity index (χ4n) is 4.20. The second kappa shape index (κ2) is 6.80. The van der Waals surface area contributed by atoms with Crippen LogP contribution < -0.4 is 15.1 Å². The molecular formula is C18H25FN4O2. The quantitative estimate of drug-likeness (QED) is 0.855. The van der Waals surface area contributed by atoms with Gasteiger partial charge in [0, 0.05) is 56.7 Å². The molecule has 136 valence electrons. The minimum atomic E-state index is -0.720. The van der Waals surface area contributed by atoms with E-state index in [0.717, 1.165) is 44.2 Å². The number of nitrogens with one attached hydrogen (secondary N) is 1. The van der Waals surface area contributed by atoms with Gasteiger partial charge in [0.1, 0.15) is 5.82 Å². The molecule has 6 nitrogen and oxygen atoms in total. The number of benzene rings is 1. The molecule has 7 heteroatoms. The van der Waals surface area contributed by atoms with Crippen molar-refractivity contribution in [1.29, 1.82) is 0 Å². The van der Waals surface area contributed by atoms with E-state index < -0.39 is 5.97 Å². The average Bonchev–Trinajstić information content (AvgIpc) is 3.05. The van der Waals surface area contributed by atoms with Crippen LogP contribution in [0.15, 0.2) is 18.2 Å². The van der Waals surface area contributed by atoms with Gasteiger partial charge in [-0.2, -0.15) is 0 Å². The molecule has 0 amide bonds. The number of carbonyl (C=O) groups is 1. The number of rotatable bonds is 3. The summed E-state index contributed by atoms with van der Waals surface area (Å²) in [5.74, 6) is -1.22. The molecule has 0 saturated carbocycles. The lowest BCUT2D eigenvalue weighted by Gasteiger charge is -2.32. The number of hydrogen-bond acceptors (Lipinski definition) is 5. The monoisotopic (exact) mass is 348 g/mol. The Bertz CT molecular complexity index is 634. The lowest BCUT2D eigenvalue weighted by atomic mass is 9.96. The molecule has 3 heterocycles. The average molecular weight is 348 g/mol. The number of carboxylic acid groups (broad SMARTS) is 1. The molecule has 0 radical (unpaired) electrons. The summed E-state index contributed by atoms with van der Waals surface area (Å²) in [4.78, 5) is 17.9. The van der Waals surface area contributed by atoms with Gasteiger partial charge in [0.2, 0.25) is 0 Å². The lowest BCUT2D eigenvalue weighted by Crippen LogP contribution is -2.48. The zero-order valence-corrected chi connectivity index (χ0v) is 14.3. The van der Waals surface area contributed by atoms with Crippen molar-refractivity contribution in [3.05, 3.63) is 24.0 Å². The molecule has 0 unspecified atom stereocenters. The summed E-state index contributed by atoms with van der Waals surface area (Å²) in [6.45, 7) is 6.12. The molecule has 0 spiro atoms. The van der Waals surface area contributed by atoms with Crippen LogP contribution >= 0.6 is 0 Å². The largest absolute Gasteiger partial charge is 0.481 e. The molecule has 0 aliphatic carbocycles. The first kappa shape index (κ1) is 16.6. The van der Waals surface area contributed by atoms with E-state index in [1.807, 2.05) is 0 Å². The molecule has 3 saturated heterocycles. The SMILES string of the molecule is O=C(O)C1CCN(c2cc(F)cc(N3C[C@@H]4CNCCN4C3)c2)CC1. The summed E-state index contributed by atoms with van der Waals surface area (Å²) >= 11 is 0. The van der Waals surface area contributed by atoms with Crippen molar-refractivity contribution in [1.82, 2.24) is 10.2 Å². The summed E-state index contributed by atoms with van der Waals surface area (Å²) < 4.78 is 14.2. The zero-order chi connectivity index (χ0) is 17.4. The first-order valence-electron chi connectivity index (χ1n) is 9.08. The van der Waals surface area contributed by atoms with Gasteiger partial charge in [-0.15, -0.1) is 0 Å². The van der Waals surface area contributed by atoms with E-state index in [0.29, 0.717) is 32.0 Å². The highest BCUT2D eigenvalue weighted by molar-refractivity contribution is 5.70. The Morgan fingerprint density at radius 2 is 1.84 bits per heavy atom. The third-order valence-corrected chi connectivity index (χ3v) is 5.70. The minimum absolute atomic E-state index is 0.226. The maximum Gasteiger partial charge on any atom is 0.306 e. The molecule has 1 aromatic rings. The highest BCUT2D eigenvalue weighted by Gasteiger charge is 2.32. The van der Waals surface area contributed by atoms with Gasteiger partial charge in [0.05, 0.1) is 12.6 Å². The maximum absolute atomic E-state index is 14.2. The van der Waals surface area contributed by atoms with E-state index in [4.69, 9.17) is 5.11 Å². The van der Waals surface area contributed by atoms with Gasteiger partial charge in [-0.3, -0.25) is 9.69 Å². The molecule has 25 heavy (non-hydrogen) atoms. The number of piperazine rings is 1. The van der Waals surface area contributed by atoms with Gasteiger partial charge in [-0.1, -0.05) is 0 Å². The van der Waals surface area contributed by atoms with Crippen LogP contribution in [0.3, 0.4) is 0 Å². The summed E-state index contributed by atoms with van der Waals surface area (Å²) in [6.07, 6.45) is 1.23. The second-order valence-electron chi connectivity index (χ2n) is 7.30. The third-order valence-electron chi connectivity index (χ3n) is 5.70. The number of nitrogens with zero attached hydrogens (tertiary/aromatic N) is 3. The van der Waals surface area contributed by atoms with Crippen molar-refractivity contribution < 1.29 is 14.3 Å². The van der Waals surface area contributed by atoms with Crippen molar-refractivity contribution in [2.75, 3.05) is 55.7 Å². The Morgan fingerprint density at radius 3 is 2.52 bits per heavy atom. The van der Waals surface area contributed by atoms with Crippen LogP contribution in [0, 0.1) is 11.7 Å². The second-order valence-corrected chi connectivity index (χ2v) is 7.30. The van der Waals surface area contributed by atoms with E-state index in [9.17, 15) is 9.18 Å². The fourth-order valence-corrected chi connectivity index (χ4v) is 4.20. The Morgan fingerprint density at radius 1 is 1.12 bits per heavy atom. The predicted octanol–water partition coefficient (Wildman–Crippen LogP) is 1.18. The molecule has 2 N–H and O–H groups in total. The third kappa shape index (κ3) is 3.43. The Kier molecular flexibility index (Phi) is 4.52. The Balaban J connectivity index is 1.49. The summed E-state index contributed by atoms with van der Waals surface area (Å²) in [5, 5.41) is 12.6. The lowest BCUT2D eigenvalue weighted by molar-refractivity contribution is -0.142. The van der Waals surface area contributed by atoms with Crippen molar-refractivity contribution in [3.8, 4) is 0 Å². The van der Waals surface area contributed by atoms with Crippen molar-refractivity contribution >= 4 is 17.3 Å². The number of piperidine rings is 1. The van der Waals surface area contributed by atoms with Gasteiger partial charge in [-0.05, 0) is 31.0 Å². The summed E-state index contributed by atoms with van der Waals surface area (Å²) in [5.41, 5.74) is 1.78. The van der Waals surface area contributed by atoms with Gasteiger partial charge < -0.3 is 20.2 Å². The smallest absolute Gasteiger partial charge is 0.306 e. The van der Waals surface area contributed by atoms with Crippen LogP contribution in [0.5, 0.6) is 0 Å².